The van der Waals surface area contributed by atoms with Crippen LogP contribution in [0.25, 0.3) is 0 Å². The summed E-state index contributed by atoms with van der Waals surface area (Å²) in [5, 5.41) is 4.06. The van der Waals surface area contributed by atoms with Crippen LogP contribution in [0, 0.1) is 13.8 Å². The number of sulfone groups is 1. The van der Waals surface area contributed by atoms with E-state index in [1.165, 1.54) is 23.9 Å². The zero-order valence-electron chi connectivity index (χ0n) is 16.2. The van der Waals surface area contributed by atoms with E-state index >= 15 is 0 Å². The number of benzene rings is 1. The van der Waals surface area contributed by atoms with E-state index < -0.39 is 21.8 Å². The van der Waals surface area contributed by atoms with Crippen molar-refractivity contribution in [1.82, 2.24) is 9.78 Å². The molecule has 0 amide bonds. The predicted molar refractivity (Wildman–Crippen MR) is 103 cm³/mol. The number of hydrogen-bond acceptors (Lipinski definition) is 7. The minimum absolute atomic E-state index is 0.0130. The molecule has 0 N–H and O–H groups in total. The Morgan fingerprint density at radius 3 is 2.39 bits per heavy atom. The molecule has 0 saturated carbocycles. The van der Waals surface area contributed by atoms with Crippen molar-refractivity contribution in [2.24, 2.45) is 0 Å². The van der Waals surface area contributed by atoms with Gasteiger partial charge in [0.1, 0.15) is 5.56 Å². The van der Waals surface area contributed by atoms with Gasteiger partial charge in [-0.05, 0) is 38.0 Å². The molecule has 28 heavy (non-hydrogen) atoms. The first-order valence-electron chi connectivity index (χ1n) is 8.47. The number of hydrogen-bond donors (Lipinski definition) is 0. The highest BCUT2D eigenvalue weighted by molar-refractivity contribution is 7.91. The van der Waals surface area contributed by atoms with Crippen LogP contribution < -0.4 is 4.74 Å². The molecule has 152 valence electrons. The van der Waals surface area contributed by atoms with E-state index in [-0.39, 0.29) is 32.7 Å². The molecule has 0 bridgehead atoms. The number of carbonyl (C=O) groups excluding carboxylic acids is 2. The first-order chi connectivity index (χ1) is 13.1. The third kappa shape index (κ3) is 3.90. The van der Waals surface area contributed by atoms with Gasteiger partial charge in [0, 0.05) is 12.1 Å². The second-order valence-electron chi connectivity index (χ2n) is 5.98. The number of ketones is 1. The van der Waals surface area contributed by atoms with Crippen molar-refractivity contribution in [1.29, 1.82) is 0 Å². The number of carbonyl (C=O) groups is 2. The smallest absolute Gasteiger partial charge is 0.437 e. The number of ether oxygens (including phenoxy) is 2. The monoisotopic (exact) mass is 428 g/mol. The standard InChI is InChI=1S/C18H21ClN2O6S/c1-6-21-17(27-18(23)26-5)13(9-20-21)15(22)12-8-10(3)16(11(4)14(12)19)28(24,25)7-2/h8-9H,6-7H2,1-5H3. The first kappa shape index (κ1) is 21.9. The summed E-state index contributed by atoms with van der Waals surface area (Å²) in [4.78, 5) is 24.8. The Labute approximate surface area is 168 Å². The quantitative estimate of drug-likeness (QED) is 0.513. The molecule has 1 heterocycles. The zero-order valence-corrected chi connectivity index (χ0v) is 17.8. The Hall–Kier alpha value is -2.39. The number of methoxy groups -OCH3 is 1. The van der Waals surface area contributed by atoms with Crippen molar-refractivity contribution >= 4 is 33.4 Å². The van der Waals surface area contributed by atoms with Gasteiger partial charge in [-0.2, -0.15) is 5.10 Å². The third-order valence-electron chi connectivity index (χ3n) is 4.24. The number of nitrogens with zero attached hydrogens (tertiary/aromatic N) is 2. The van der Waals surface area contributed by atoms with Crippen LogP contribution in [0.4, 0.5) is 4.79 Å². The Bertz CT molecular complexity index is 1040. The van der Waals surface area contributed by atoms with Crippen LogP contribution in [-0.4, -0.2) is 43.0 Å². The number of aromatic nitrogens is 2. The van der Waals surface area contributed by atoms with Crippen molar-refractivity contribution in [3.05, 3.63) is 39.5 Å². The molecule has 2 aromatic rings. The van der Waals surface area contributed by atoms with Gasteiger partial charge in [0.05, 0.1) is 29.0 Å². The van der Waals surface area contributed by atoms with E-state index in [9.17, 15) is 18.0 Å². The van der Waals surface area contributed by atoms with Crippen LogP contribution in [0.2, 0.25) is 5.02 Å². The lowest BCUT2D eigenvalue weighted by atomic mass is 10.0. The Morgan fingerprint density at radius 2 is 1.86 bits per heavy atom. The minimum atomic E-state index is -3.51. The molecule has 2 rings (SSSR count). The molecular weight excluding hydrogens is 408 g/mol. The van der Waals surface area contributed by atoms with Crippen LogP contribution in [-0.2, 0) is 21.1 Å². The van der Waals surface area contributed by atoms with Gasteiger partial charge in [0.15, 0.2) is 9.84 Å². The van der Waals surface area contributed by atoms with Crippen molar-refractivity contribution in [3.63, 3.8) is 0 Å². The molecule has 1 aromatic heterocycles. The predicted octanol–water partition coefficient (Wildman–Crippen LogP) is 3.34. The number of halogens is 1. The van der Waals surface area contributed by atoms with Crippen molar-refractivity contribution in [2.45, 2.75) is 39.1 Å². The van der Waals surface area contributed by atoms with Gasteiger partial charge >= 0.3 is 6.16 Å². The van der Waals surface area contributed by atoms with Gasteiger partial charge in [0.2, 0.25) is 11.7 Å². The summed E-state index contributed by atoms with van der Waals surface area (Å²) in [6.45, 7) is 6.80. The first-order valence-corrected chi connectivity index (χ1v) is 10.5. The highest BCUT2D eigenvalue weighted by Crippen LogP contribution is 2.33. The fraction of sp³-hybridized carbons (Fsp3) is 0.389. The molecule has 8 nitrogen and oxygen atoms in total. The molecule has 0 saturated heterocycles. The number of aryl methyl sites for hydroxylation is 2. The van der Waals surface area contributed by atoms with Gasteiger partial charge in [-0.3, -0.25) is 4.79 Å². The lowest BCUT2D eigenvalue weighted by molar-refractivity contribution is 0.102. The highest BCUT2D eigenvalue weighted by Gasteiger charge is 2.28. The van der Waals surface area contributed by atoms with E-state index in [0.717, 1.165) is 7.11 Å². The molecule has 1 aromatic carbocycles. The average Bonchev–Trinajstić information content (AvgIpc) is 3.06. The maximum Gasteiger partial charge on any atom is 0.514 e. The van der Waals surface area contributed by atoms with Crippen molar-refractivity contribution in [2.75, 3.05) is 12.9 Å². The van der Waals surface area contributed by atoms with E-state index in [2.05, 4.69) is 9.84 Å². The van der Waals surface area contributed by atoms with E-state index in [1.807, 2.05) is 0 Å². The largest absolute Gasteiger partial charge is 0.514 e. The van der Waals surface area contributed by atoms with Gasteiger partial charge in [-0.25, -0.2) is 17.9 Å². The van der Waals surface area contributed by atoms with Crippen LogP contribution in [0.1, 0.15) is 40.9 Å². The van der Waals surface area contributed by atoms with Crippen LogP contribution in [0.15, 0.2) is 17.2 Å². The van der Waals surface area contributed by atoms with Gasteiger partial charge in [-0.15, -0.1) is 0 Å². The molecule has 0 fully saturated rings. The normalized spacial score (nSPS) is 11.4. The lowest BCUT2D eigenvalue weighted by Crippen LogP contribution is -2.15. The summed E-state index contributed by atoms with van der Waals surface area (Å²) >= 11 is 6.36. The Balaban J connectivity index is 2.63. The molecule has 0 unspecified atom stereocenters. The second-order valence-corrected chi connectivity index (χ2v) is 8.57. The molecule has 0 radical (unpaired) electrons. The molecule has 0 aliphatic carbocycles. The molecule has 0 aliphatic rings. The lowest BCUT2D eigenvalue weighted by Gasteiger charge is -2.15. The van der Waals surface area contributed by atoms with E-state index in [1.54, 1.807) is 20.8 Å². The molecule has 0 atom stereocenters. The van der Waals surface area contributed by atoms with Crippen LogP contribution in [0.3, 0.4) is 0 Å². The fourth-order valence-corrected chi connectivity index (χ4v) is 4.56. The summed E-state index contributed by atoms with van der Waals surface area (Å²) in [6, 6.07) is 1.42. The fourth-order valence-electron chi connectivity index (χ4n) is 2.86. The zero-order chi connectivity index (χ0) is 21.2. The highest BCUT2D eigenvalue weighted by atomic mass is 35.5. The molecular formula is C18H21ClN2O6S. The number of rotatable bonds is 6. The molecule has 0 aliphatic heterocycles. The van der Waals surface area contributed by atoms with E-state index in [0.29, 0.717) is 17.7 Å². The summed E-state index contributed by atoms with van der Waals surface area (Å²) in [6.07, 6.45) is 0.272. The average molecular weight is 429 g/mol. The third-order valence-corrected chi connectivity index (χ3v) is 6.74. The molecule has 0 spiro atoms. The maximum absolute atomic E-state index is 13.1. The summed E-state index contributed by atoms with van der Waals surface area (Å²) in [5.74, 6) is -0.704. The summed E-state index contributed by atoms with van der Waals surface area (Å²) < 4.78 is 35.6. The molecule has 10 heteroatoms. The van der Waals surface area contributed by atoms with E-state index in [4.69, 9.17) is 16.3 Å². The van der Waals surface area contributed by atoms with Gasteiger partial charge in [-0.1, -0.05) is 18.5 Å². The summed E-state index contributed by atoms with van der Waals surface area (Å²) in [5.41, 5.74) is 0.812. The van der Waals surface area contributed by atoms with Gasteiger partial charge in [0.25, 0.3) is 0 Å². The Morgan fingerprint density at radius 1 is 1.21 bits per heavy atom. The summed E-state index contributed by atoms with van der Waals surface area (Å²) in [7, 11) is -2.37. The maximum atomic E-state index is 13.1. The second kappa shape index (κ2) is 8.32. The van der Waals surface area contributed by atoms with Crippen LogP contribution in [0.5, 0.6) is 5.88 Å². The van der Waals surface area contributed by atoms with Crippen LogP contribution >= 0.6 is 11.6 Å². The van der Waals surface area contributed by atoms with Crippen molar-refractivity contribution in [3.8, 4) is 5.88 Å². The van der Waals surface area contributed by atoms with Crippen molar-refractivity contribution < 1.29 is 27.5 Å². The minimum Gasteiger partial charge on any atom is -0.437 e. The van der Waals surface area contributed by atoms with Gasteiger partial charge < -0.3 is 9.47 Å². The topological polar surface area (TPSA) is 105 Å². The SMILES string of the molecule is CCn1ncc(C(=O)c2cc(C)c(S(=O)(=O)CC)c(C)c2Cl)c1OC(=O)OC. The Kier molecular flexibility index (Phi) is 6.51.